The van der Waals surface area contributed by atoms with Crippen molar-refractivity contribution >= 4 is 0 Å². The highest BCUT2D eigenvalue weighted by Crippen LogP contribution is 2.28. The molecule has 15 heavy (non-hydrogen) atoms. The standard InChI is InChI=1S/C11H20N2O2/c1-13(7-10(14)8-15-2)11-5-3-4-9(11)6-12/h9-11,14H,3-5,7-8H2,1-2H3. The highest BCUT2D eigenvalue weighted by atomic mass is 16.5. The number of ether oxygens (including phenoxy) is 1. The summed E-state index contributed by atoms with van der Waals surface area (Å²) in [7, 11) is 3.55. The Hall–Kier alpha value is -0.630. The number of rotatable bonds is 5. The molecule has 1 aliphatic carbocycles. The third-order valence-corrected chi connectivity index (χ3v) is 3.07. The van der Waals surface area contributed by atoms with Gasteiger partial charge in [-0.1, -0.05) is 6.42 Å². The van der Waals surface area contributed by atoms with Crippen molar-refractivity contribution in [2.24, 2.45) is 5.92 Å². The van der Waals surface area contributed by atoms with Crippen LogP contribution >= 0.6 is 0 Å². The molecular formula is C11H20N2O2. The van der Waals surface area contributed by atoms with Crippen molar-refractivity contribution in [2.45, 2.75) is 31.4 Å². The lowest BCUT2D eigenvalue weighted by Gasteiger charge is -2.28. The number of nitriles is 1. The van der Waals surface area contributed by atoms with Crippen molar-refractivity contribution in [2.75, 3.05) is 27.3 Å². The Labute approximate surface area is 91.4 Å². The van der Waals surface area contributed by atoms with Gasteiger partial charge < -0.3 is 9.84 Å². The summed E-state index contributed by atoms with van der Waals surface area (Å²) in [4.78, 5) is 2.09. The van der Waals surface area contributed by atoms with Crippen LogP contribution in [0.1, 0.15) is 19.3 Å². The van der Waals surface area contributed by atoms with Gasteiger partial charge in [0.15, 0.2) is 0 Å². The first-order valence-electron chi connectivity index (χ1n) is 5.46. The van der Waals surface area contributed by atoms with E-state index in [9.17, 15) is 5.11 Å². The normalized spacial score (nSPS) is 27.9. The van der Waals surface area contributed by atoms with Crippen molar-refractivity contribution in [1.82, 2.24) is 4.90 Å². The van der Waals surface area contributed by atoms with E-state index in [0.29, 0.717) is 19.2 Å². The quantitative estimate of drug-likeness (QED) is 0.725. The van der Waals surface area contributed by atoms with Gasteiger partial charge in [-0.25, -0.2) is 0 Å². The number of methoxy groups -OCH3 is 1. The summed E-state index contributed by atoms with van der Waals surface area (Å²) in [5.41, 5.74) is 0. The summed E-state index contributed by atoms with van der Waals surface area (Å²) in [5, 5.41) is 18.5. The second-order valence-electron chi connectivity index (χ2n) is 4.28. The lowest BCUT2D eigenvalue weighted by Crippen LogP contribution is -2.40. The largest absolute Gasteiger partial charge is 0.389 e. The number of nitrogens with zero attached hydrogens (tertiary/aromatic N) is 2. The molecule has 0 amide bonds. The molecule has 1 saturated carbocycles. The van der Waals surface area contributed by atoms with Gasteiger partial charge in [-0.05, 0) is 19.9 Å². The topological polar surface area (TPSA) is 56.5 Å². The maximum atomic E-state index is 9.59. The first-order chi connectivity index (χ1) is 7.19. The molecule has 0 aromatic rings. The average molecular weight is 212 g/mol. The molecule has 1 rings (SSSR count). The molecule has 0 heterocycles. The van der Waals surface area contributed by atoms with Crippen LogP contribution in [0.4, 0.5) is 0 Å². The molecule has 0 aliphatic heterocycles. The fourth-order valence-electron chi connectivity index (χ4n) is 2.33. The van der Waals surface area contributed by atoms with Crippen LogP contribution < -0.4 is 0 Å². The zero-order chi connectivity index (χ0) is 11.3. The first-order valence-corrected chi connectivity index (χ1v) is 5.46. The Morgan fingerprint density at radius 1 is 1.60 bits per heavy atom. The van der Waals surface area contributed by atoms with E-state index in [0.717, 1.165) is 19.3 Å². The smallest absolute Gasteiger partial charge is 0.0900 e. The molecule has 0 saturated heterocycles. The monoisotopic (exact) mass is 212 g/mol. The van der Waals surface area contributed by atoms with Gasteiger partial charge >= 0.3 is 0 Å². The van der Waals surface area contributed by atoms with Crippen molar-refractivity contribution < 1.29 is 9.84 Å². The van der Waals surface area contributed by atoms with E-state index in [1.54, 1.807) is 7.11 Å². The van der Waals surface area contributed by atoms with E-state index in [4.69, 9.17) is 10.00 Å². The molecule has 1 fully saturated rings. The third kappa shape index (κ3) is 3.45. The lowest BCUT2D eigenvalue weighted by molar-refractivity contribution is 0.0322. The van der Waals surface area contributed by atoms with E-state index in [1.165, 1.54) is 0 Å². The predicted molar refractivity (Wildman–Crippen MR) is 57.3 cm³/mol. The molecule has 1 N–H and O–H groups in total. The minimum absolute atomic E-state index is 0.129. The van der Waals surface area contributed by atoms with E-state index in [-0.39, 0.29) is 5.92 Å². The van der Waals surface area contributed by atoms with Crippen molar-refractivity contribution in [3.8, 4) is 6.07 Å². The molecule has 0 aromatic carbocycles. The second-order valence-corrected chi connectivity index (χ2v) is 4.28. The van der Waals surface area contributed by atoms with Gasteiger partial charge in [0.1, 0.15) is 0 Å². The number of aliphatic hydroxyl groups excluding tert-OH is 1. The Balaban J connectivity index is 2.39. The van der Waals surface area contributed by atoms with E-state index < -0.39 is 6.10 Å². The fourth-order valence-corrected chi connectivity index (χ4v) is 2.33. The van der Waals surface area contributed by atoms with Crippen LogP contribution in [0.15, 0.2) is 0 Å². The summed E-state index contributed by atoms with van der Waals surface area (Å²) >= 11 is 0. The van der Waals surface area contributed by atoms with Crippen LogP contribution in [0.25, 0.3) is 0 Å². The molecular weight excluding hydrogens is 192 g/mol. The molecule has 4 heteroatoms. The maximum Gasteiger partial charge on any atom is 0.0900 e. The zero-order valence-corrected chi connectivity index (χ0v) is 9.52. The molecule has 3 atom stereocenters. The van der Waals surface area contributed by atoms with Gasteiger partial charge in [-0.15, -0.1) is 0 Å². The SMILES string of the molecule is COCC(O)CN(C)C1CCCC1C#N. The summed E-state index contributed by atoms with van der Waals surface area (Å²) in [6.07, 6.45) is 2.72. The number of hydrogen-bond donors (Lipinski definition) is 1. The Morgan fingerprint density at radius 2 is 2.33 bits per heavy atom. The van der Waals surface area contributed by atoms with Gasteiger partial charge in [0.25, 0.3) is 0 Å². The highest BCUT2D eigenvalue weighted by molar-refractivity contribution is 4.97. The van der Waals surface area contributed by atoms with Gasteiger partial charge in [0.05, 0.1) is 24.7 Å². The second kappa shape index (κ2) is 6.06. The van der Waals surface area contributed by atoms with Crippen LogP contribution in [-0.2, 0) is 4.74 Å². The lowest BCUT2D eigenvalue weighted by atomic mass is 10.0. The van der Waals surface area contributed by atoms with Gasteiger partial charge in [-0.2, -0.15) is 5.26 Å². The van der Waals surface area contributed by atoms with Crippen LogP contribution in [0.5, 0.6) is 0 Å². The van der Waals surface area contributed by atoms with E-state index >= 15 is 0 Å². The summed E-state index contributed by atoms with van der Waals surface area (Å²) in [6, 6.07) is 2.65. The van der Waals surface area contributed by atoms with Crippen molar-refractivity contribution in [1.29, 1.82) is 5.26 Å². The number of likely N-dealkylation sites (N-methyl/N-ethyl adjacent to an activating group) is 1. The summed E-state index contributed by atoms with van der Waals surface area (Å²) in [5.74, 6) is 0.129. The van der Waals surface area contributed by atoms with Crippen molar-refractivity contribution in [3.05, 3.63) is 0 Å². The van der Waals surface area contributed by atoms with Crippen molar-refractivity contribution in [3.63, 3.8) is 0 Å². The Kier molecular flexibility index (Phi) is 5.03. The third-order valence-electron chi connectivity index (χ3n) is 3.07. The van der Waals surface area contributed by atoms with Crippen LogP contribution in [0.2, 0.25) is 0 Å². The molecule has 3 unspecified atom stereocenters. The maximum absolute atomic E-state index is 9.59. The van der Waals surface area contributed by atoms with Crippen LogP contribution in [0, 0.1) is 17.2 Å². The Bertz CT molecular complexity index is 227. The minimum Gasteiger partial charge on any atom is -0.389 e. The van der Waals surface area contributed by atoms with Gasteiger partial charge in [-0.3, -0.25) is 4.90 Å². The number of hydrogen-bond acceptors (Lipinski definition) is 4. The molecule has 86 valence electrons. The minimum atomic E-state index is -0.458. The average Bonchev–Trinajstić information content (AvgIpc) is 2.65. The summed E-state index contributed by atoms with van der Waals surface area (Å²) < 4.78 is 4.88. The summed E-state index contributed by atoms with van der Waals surface area (Å²) in [6.45, 7) is 0.935. The van der Waals surface area contributed by atoms with Crippen LogP contribution in [0.3, 0.4) is 0 Å². The number of aliphatic hydroxyl groups is 1. The molecule has 0 spiro atoms. The Morgan fingerprint density at radius 3 is 2.93 bits per heavy atom. The highest BCUT2D eigenvalue weighted by Gasteiger charge is 2.30. The predicted octanol–water partition coefficient (Wildman–Crippen LogP) is 0.618. The first kappa shape index (κ1) is 12.4. The van der Waals surface area contributed by atoms with Gasteiger partial charge in [0.2, 0.25) is 0 Å². The zero-order valence-electron chi connectivity index (χ0n) is 9.52. The molecule has 0 bridgehead atoms. The van der Waals surface area contributed by atoms with E-state index in [1.807, 2.05) is 7.05 Å². The molecule has 4 nitrogen and oxygen atoms in total. The molecule has 0 aromatic heterocycles. The molecule has 1 aliphatic rings. The van der Waals surface area contributed by atoms with Gasteiger partial charge in [0, 0.05) is 19.7 Å². The van der Waals surface area contributed by atoms with E-state index in [2.05, 4.69) is 11.0 Å². The molecule has 0 radical (unpaired) electrons. The van der Waals surface area contributed by atoms with Crippen LogP contribution in [-0.4, -0.2) is 49.5 Å². The fraction of sp³-hybridized carbons (Fsp3) is 0.909.